The monoisotopic (exact) mass is 373 g/mol. The Morgan fingerprint density at radius 3 is 2.56 bits per heavy atom. The van der Waals surface area contributed by atoms with Crippen LogP contribution in [0.4, 0.5) is 4.39 Å². The Morgan fingerprint density at radius 2 is 1.94 bits per heavy atom. The molecule has 0 aliphatic carbocycles. The third-order valence-electron chi connectivity index (χ3n) is 2.44. The summed E-state index contributed by atoms with van der Waals surface area (Å²) in [5.41, 5.74) is 1.29. The van der Waals surface area contributed by atoms with Gasteiger partial charge in [-0.3, -0.25) is 4.98 Å². The molecule has 0 radical (unpaired) electrons. The summed E-state index contributed by atoms with van der Waals surface area (Å²) in [6.07, 6.45) is 1.21. The lowest BCUT2D eigenvalue weighted by Crippen LogP contribution is -2.04. The minimum absolute atomic E-state index is 0.324. The predicted molar refractivity (Wildman–Crippen MR) is 74.7 cm³/mol. The molecule has 1 unspecified atom stereocenters. The van der Waals surface area contributed by atoms with Crippen LogP contribution < -0.4 is 0 Å². The van der Waals surface area contributed by atoms with Gasteiger partial charge >= 0.3 is 0 Å². The van der Waals surface area contributed by atoms with Crippen LogP contribution in [0.2, 0.25) is 0 Å². The maximum absolute atomic E-state index is 13.2. The van der Waals surface area contributed by atoms with Crippen molar-refractivity contribution >= 4 is 31.9 Å². The van der Waals surface area contributed by atoms with Crippen LogP contribution in [0.5, 0.6) is 0 Å². The number of aliphatic hydroxyl groups is 1. The quantitative estimate of drug-likeness (QED) is 0.880. The van der Waals surface area contributed by atoms with Gasteiger partial charge in [-0.2, -0.15) is 0 Å². The Hall–Kier alpha value is -0.780. The highest BCUT2D eigenvalue weighted by Gasteiger charge is 2.11. The van der Waals surface area contributed by atoms with Gasteiger partial charge in [0.05, 0.1) is 11.8 Å². The van der Waals surface area contributed by atoms with Gasteiger partial charge in [0.15, 0.2) is 0 Å². The molecule has 0 saturated carbocycles. The van der Waals surface area contributed by atoms with Gasteiger partial charge in [0.2, 0.25) is 0 Å². The zero-order valence-electron chi connectivity index (χ0n) is 9.28. The second kappa shape index (κ2) is 5.91. The Labute approximate surface area is 121 Å². The summed E-state index contributed by atoms with van der Waals surface area (Å²) in [5.74, 6) is -0.324. The molecule has 2 aromatic rings. The van der Waals surface area contributed by atoms with E-state index in [-0.39, 0.29) is 5.82 Å². The predicted octanol–water partition coefficient (Wildman–Crippen LogP) is 4.02. The number of benzene rings is 1. The molecule has 5 heteroatoms. The first-order valence-electron chi connectivity index (χ1n) is 5.29. The molecule has 0 spiro atoms. The van der Waals surface area contributed by atoms with E-state index in [0.29, 0.717) is 16.6 Å². The van der Waals surface area contributed by atoms with Crippen LogP contribution in [0.25, 0.3) is 0 Å². The number of rotatable bonds is 3. The van der Waals surface area contributed by atoms with Crippen molar-refractivity contribution in [2.45, 2.75) is 12.5 Å². The zero-order chi connectivity index (χ0) is 13.1. The summed E-state index contributed by atoms with van der Waals surface area (Å²) in [6.45, 7) is 0. The Bertz CT molecular complexity index is 525. The normalized spacial score (nSPS) is 12.4. The molecular formula is C13H10Br2FNO. The molecule has 1 N–H and O–H groups in total. The zero-order valence-corrected chi connectivity index (χ0v) is 12.4. The number of hydrogen-bond donors (Lipinski definition) is 1. The lowest BCUT2D eigenvalue weighted by molar-refractivity contribution is 0.173. The van der Waals surface area contributed by atoms with Gasteiger partial charge in [0.1, 0.15) is 5.82 Å². The minimum Gasteiger partial charge on any atom is -0.386 e. The largest absolute Gasteiger partial charge is 0.386 e. The molecule has 94 valence electrons. The summed E-state index contributed by atoms with van der Waals surface area (Å²) in [7, 11) is 0. The molecule has 0 aliphatic rings. The van der Waals surface area contributed by atoms with Crippen molar-refractivity contribution in [3.05, 3.63) is 62.5 Å². The van der Waals surface area contributed by atoms with E-state index in [0.717, 1.165) is 10.0 Å². The SMILES string of the molecule is OC(Cc1cc(F)cc(Br)c1)c1ccc(Br)cn1. The fourth-order valence-corrected chi connectivity index (χ4v) is 2.39. The van der Waals surface area contributed by atoms with Crippen molar-refractivity contribution in [2.75, 3.05) is 0 Å². The van der Waals surface area contributed by atoms with E-state index in [9.17, 15) is 9.50 Å². The third kappa shape index (κ3) is 3.60. The Balaban J connectivity index is 2.15. The van der Waals surface area contributed by atoms with Gasteiger partial charge in [-0.15, -0.1) is 0 Å². The summed E-state index contributed by atoms with van der Waals surface area (Å²) < 4.78 is 14.7. The average Bonchev–Trinajstić information content (AvgIpc) is 2.28. The Kier molecular flexibility index (Phi) is 4.48. The molecule has 0 saturated heterocycles. The van der Waals surface area contributed by atoms with Gasteiger partial charge in [0, 0.05) is 21.6 Å². The summed E-state index contributed by atoms with van der Waals surface area (Å²) >= 11 is 6.51. The molecule has 18 heavy (non-hydrogen) atoms. The molecular weight excluding hydrogens is 365 g/mol. The average molecular weight is 375 g/mol. The van der Waals surface area contributed by atoms with Gasteiger partial charge in [0.25, 0.3) is 0 Å². The molecule has 2 rings (SSSR count). The van der Waals surface area contributed by atoms with E-state index in [1.54, 1.807) is 18.3 Å². The number of halogens is 3. The summed E-state index contributed by atoms with van der Waals surface area (Å²) in [4.78, 5) is 4.12. The van der Waals surface area contributed by atoms with Crippen molar-refractivity contribution in [2.24, 2.45) is 0 Å². The number of aromatic nitrogens is 1. The fraction of sp³-hybridized carbons (Fsp3) is 0.154. The standard InChI is InChI=1S/C13H10Br2FNO/c14-9-1-2-12(17-7-9)13(18)5-8-3-10(15)6-11(16)4-8/h1-4,6-7,13,18H,5H2. The molecule has 1 heterocycles. The number of hydrogen-bond acceptors (Lipinski definition) is 2. The lowest BCUT2D eigenvalue weighted by atomic mass is 10.1. The van der Waals surface area contributed by atoms with Crippen molar-refractivity contribution in [1.29, 1.82) is 0 Å². The van der Waals surface area contributed by atoms with Crippen LogP contribution in [0.3, 0.4) is 0 Å². The first-order valence-corrected chi connectivity index (χ1v) is 6.87. The highest BCUT2D eigenvalue weighted by atomic mass is 79.9. The van der Waals surface area contributed by atoms with Crippen LogP contribution in [-0.4, -0.2) is 10.1 Å². The smallest absolute Gasteiger partial charge is 0.124 e. The first-order chi connectivity index (χ1) is 8.54. The van der Waals surface area contributed by atoms with Crippen LogP contribution in [0, 0.1) is 5.82 Å². The Morgan fingerprint density at radius 1 is 1.17 bits per heavy atom. The van der Waals surface area contributed by atoms with E-state index in [1.165, 1.54) is 12.1 Å². The molecule has 1 aromatic carbocycles. The number of nitrogens with zero attached hydrogens (tertiary/aromatic N) is 1. The lowest BCUT2D eigenvalue weighted by Gasteiger charge is -2.10. The minimum atomic E-state index is -0.744. The summed E-state index contributed by atoms with van der Waals surface area (Å²) in [6, 6.07) is 8.13. The molecule has 1 atom stereocenters. The number of aliphatic hydroxyl groups excluding tert-OH is 1. The number of pyridine rings is 1. The van der Waals surface area contributed by atoms with E-state index in [2.05, 4.69) is 36.8 Å². The molecule has 0 fully saturated rings. The van der Waals surface area contributed by atoms with E-state index in [1.807, 2.05) is 6.07 Å². The summed E-state index contributed by atoms with van der Waals surface area (Å²) in [5, 5.41) is 10.0. The van der Waals surface area contributed by atoms with E-state index in [4.69, 9.17) is 0 Å². The second-order valence-corrected chi connectivity index (χ2v) is 5.73. The highest BCUT2D eigenvalue weighted by molar-refractivity contribution is 9.10. The van der Waals surface area contributed by atoms with Crippen LogP contribution in [0.1, 0.15) is 17.4 Å². The molecule has 0 aliphatic heterocycles. The van der Waals surface area contributed by atoms with Crippen LogP contribution in [-0.2, 0) is 6.42 Å². The van der Waals surface area contributed by atoms with Crippen LogP contribution >= 0.6 is 31.9 Å². The molecule has 1 aromatic heterocycles. The highest BCUT2D eigenvalue weighted by Crippen LogP contribution is 2.21. The molecule has 2 nitrogen and oxygen atoms in total. The van der Waals surface area contributed by atoms with Crippen LogP contribution in [0.15, 0.2) is 45.5 Å². The fourth-order valence-electron chi connectivity index (χ4n) is 1.64. The molecule has 0 bridgehead atoms. The van der Waals surface area contributed by atoms with Crippen molar-refractivity contribution in [3.8, 4) is 0 Å². The third-order valence-corrected chi connectivity index (χ3v) is 3.37. The first kappa shape index (κ1) is 13.6. The van der Waals surface area contributed by atoms with Crippen molar-refractivity contribution in [1.82, 2.24) is 4.98 Å². The molecule has 0 amide bonds. The van der Waals surface area contributed by atoms with Gasteiger partial charge in [-0.05, 0) is 51.8 Å². The van der Waals surface area contributed by atoms with Crippen molar-refractivity contribution in [3.63, 3.8) is 0 Å². The second-order valence-electron chi connectivity index (χ2n) is 3.90. The van der Waals surface area contributed by atoms with Gasteiger partial charge in [-0.25, -0.2) is 4.39 Å². The van der Waals surface area contributed by atoms with Gasteiger partial charge in [-0.1, -0.05) is 15.9 Å². The van der Waals surface area contributed by atoms with E-state index >= 15 is 0 Å². The van der Waals surface area contributed by atoms with E-state index < -0.39 is 6.10 Å². The van der Waals surface area contributed by atoms with Crippen molar-refractivity contribution < 1.29 is 9.50 Å². The maximum atomic E-state index is 13.2. The van der Waals surface area contributed by atoms with Gasteiger partial charge < -0.3 is 5.11 Å². The maximum Gasteiger partial charge on any atom is 0.124 e. The topological polar surface area (TPSA) is 33.1 Å².